The third-order valence-corrected chi connectivity index (χ3v) is 5.68. The van der Waals surface area contributed by atoms with Gasteiger partial charge >= 0.3 is 5.97 Å². The molecule has 0 aromatic carbocycles. The zero-order valence-corrected chi connectivity index (χ0v) is 13.0. The summed E-state index contributed by atoms with van der Waals surface area (Å²) >= 11 is 3.24. The van der Waals surface area contributed by atoms with Crippen molar-refractivity contribution in [2.24, 2.45) is 0 Å². The van der Waals surface area contributed by atoms with Crippen molar-refractivity contribution in [1.29, 1.82) is 0 Å². The lowest BCUT2D eigenvalue weighted by Gasteiger charge is -2.33. The minimum Gasteiger partial charge on any atom is -0.481 e. The molecule has 1 N–H and O–H groups in total. The molecular formula is C13H20N2O2S2. The van der Waals surface area contributed by atoms with Crippen LogP contribution in [0.5, 0.6) is 0 Å². The minimum absolute atomic E-state index is 0.0765. The molecule has 0 saturated heterocycles. The molecule has 2 unspecified atom stereocenters. The third-order valence-electron chi connectivity index (χ3n) is 3.57. The second kappa shape index (κ2) is 6.70. The number of aromatic nitrogens is 2. The van der Waals surface area contributed by atoms with Crippen LogP contribution in [0.4, 0.5) is 0 Å². The summed E-state index contributed by atoms with van der Waals surface area (Å²) in [5.74, 6) is -0.713. The average molecular weight is 300 g/mol. The number of aliphatic carboxylic acids is 1. The first-order valence-electron chi connectivity index (χ1n) is 6.54. The van der Waals surface area contributed by atoms with E-state index in [1.54, 1.807) is 0 Å². The number of hydrogen-bond donors (Lipinski definition) is 1. The number of nitrogens with zero attached hydrogens (tertiary/aromatic N) is 2. The van der Waals surface area contributed by atoms with Crippen LogP contribution in [0.3, 0.4) is 0 Å². The van der Waals surface area contributed by atoms with Gasteiger partial charge in [-0.2, -0.15) is 11.8 Å². The smallest absolute Gasteiger partial charge is 0.313 e. The minimum atomic E-state index is -0.790. The predicted octanol–water partition coefficient (Wildman–Crippen LogP) is 3.21. The molecule has 0 spiro atoms. The van der Waals surface area contributed by atoms with Gasteiger partial charge in [0.1, 0.15) is 0 Å². The highest BCUT2D eigenvalue weighted by Gasteiger charge is 2.28. The lowest BCUT2D eigenvalue weighted by molar-refractivity contribution is -0.133. The summed E-state index contributed by atoms with van der Waals surface area (Å²) in [5, 5.41) is 10.3. The maximum absolute atomic E-state index is 10.7. The van der Waals surface area contributed by atoms with E-state index in [-0.39, 0.29) is 5.75 Å². The number of thioether (sulfide) groups is 2. The van der Waals surface area contributed by atoms with E-state index < -0.39 is 5.97 Å². The normalized spacial score (nSPS) is 23.5. The average Bonchev–Trinajstić information content (AvgIpc) is 2.77. The number of aryl methyl sites for hydroxylation is 1. The fourth-order valence-electron chi connectivity index (χ4n) is 2.71. The Bertz CT molecular complexity index is 448. The van der Waals surface area contributed by atoms with E-state index >= 15 is 0 Å². The van der Waals surface area contributed by atoms with Crippen molar-refractivity contribution in [3.63, 3.8) is 0 Å². The summed E-state index contributed by atoms with van der Waals surface area (Å²) in [6.45, 7) is 2.06. The molecule has 0 aliphatic heterocycles. The number of imidazole rings is 1. The first kappa shape index (κ1) is 14.8. The molecule has 19 heavy (non-hydrogen) atoms. The van der Waals surface area contributed by atoms with Crippen molar-refractivity contribution < 1.29 is 9.90 Å². The molecule has 1 heterocycles. The molecule has 0 bridgehead atoms. The number of rotatable bonds is 5. The van der Waals surface area contributed by atoms with Crippen LogP contribution in [0.1, 0.15) is 37.4 Å². The summed E-state index contributed by atoms with van der Waals surface area (Å²) in [4.78, 5) is 15.1. The molecule has 106 valence electrons. The van der Waals surface area contributed by atoms with Gasteiger partial charge in [0.05, 0.1) is 5.75 Å². The second-order valence-corrected chi connectivity index (χ2v) is 6.88. The van der Waals surface area contributed by atoms with Gasteiger partial charge in [0.15, 0.2) is 5.16 Å². The molecule has 1 fully saturated rings. The molecule has 1 aliphatic rings. The van der Waals surface area contributed by atoms with Crippen molar-refractivity contribution in [1.82, 2.24) is 9.55 Å². The third kappa shape index (κ3) is 3.48. The molecule has 2 rings (SSSR count). The van der Waals surface area contributed by atoms with Gasteiger partial charge in [0, 0.05) is 23.2 Å². The second-order valence-electron chi connectivity index (χ2n) is 4.86. The predicted molar refractivity (Wildman–Crippen MR) is 80.1 cm³/mol. The largest absolute Gasteiger partial charge is 0.481 e. The van der Waals surface area contributed by atoms with Crippen LogP contribution in [0.2, 0.25) is 0 Å². The van der Waals surface area contributed by atoms with E-state index in [0.29, 0.717) is 11.3 Å². The summed E-state index contributed by atoms with van der Waals surface area (Å²) in [6, 6.07) is 0.461. The number of carboxylic acids is 1. The van der Waals surface area contributed by atoms with Gasteiger partial charge in [-0.1, -0.05) is 24.6 Å². The van der Waals surface area contributed by atoms with Crippen LogP contribution in [-0.4, -0.2) is 37.9 Å². The summed E-state index contributed by atoms with van der Waals surface area (Å²) in [5.41, 5.74) is 1.14. The molecule has 2 atom stereocenters. The molecule has 0 amide bonds. The topological polar surface area (TPSA) is 55.1 Å². The van der Waals surface area contributed by atoms with Gasteiger partial charge in [-0.05, 0) is 26.0 Å². The van der Waals surface area contributed by atoms with Crippen LogP contribution in [0.25, 0.3) is 0 Å². The first-order valence-corrected chi connectivity index (χ1v) is 8.82. The zero-order valence-electron chi connectivity index (χ0n) is 11.3. The molecule has 1 aliphatic carbocycles. The summed E-state index contributed by atoms with van der Waals surface area (Å²) in [6.07, 6.45) is 8.99. The Labute approximate surface area is 122 Å². The Kier molecular flexibility index (Phi) is 5.21. The first-order chi connectivity index (χ1) is 9.13. The van der Waals surface area contributed by atoms with E-state index in [1.165, 1.54) is 37.4 Å². The van der Waals surface area contributed by atoms with Crippen LogP contribution in [0, 0.1) is 6.92 Å². The molecule has 4 nitrogen and oxygen atoms in total. The Morgan fingerprint density at radius 2 is 2.26 bits per heavy atom. The van der Waals surface area contributed by atoms with E-state index in [2.05, 4.69) is 22.7 Å². The van der Waals surface area contributed by atoms with Gasteiger partial charge in [0.2, 0.25) is 0 Å². The standard InChI is InChI=1S/C13H20N2O2S2/c1-9-7-14-13(19-8-12(16)17)15(9)10-5-3-4-6-11(10)18-2/h7,10-11H,3-6,8H2,1-2H3,(H,16,17). The van der Waals surface area contributed by atoms with Gasteiger partial charge in [0.25, 0.3) is 0 Å². The molecule has 0 radical (unpaired) electrons. The fraction of sp³-hybridized carbons (Fsp3) is 0.692. The van der Waals surface area contributed by atoms with E-state index in [9.17, 15) is 4.79 Å². The molecule has 1 aromatic rings. The Hall–Kier alpha value is -0.620. The van der Waals surface area contributed by atoms with Crippen molar-refractivity contribution in [3.05, 3.63) is 11.9 Å². The van der Waals surface area contributed by atoms with Gasteiger partial charge in [-0.3, -0.25) is 4.79 Å². The lowest BCUT2D eigenvalue weighted by atomic mass is 9.94. The maximum atomic E-state index is 10.7. The molecule has 6 heteroatoms. The number of hydrogen-bond acceptors (Lipinski definition) is 4. The van der Waals surface area contributed by atoms with Crippen LogP contribution >= 0.6 is 23.5 Å². The Morgan fingerprint density at radius 1 is 1.53 bits per heavy atom. The molecular weight excluding hydrogens is 280 g/mol. The van der Waals surface area contributed by atoms with Gasteiger partial charge < -0.3 is 9.67 Å². The van der Waals surface area contributed by atoms with Crippen LogP contribution in [0.15, 0.2) is 11.4 Å². The number of carbonyl (C=O) groups is 1. The molecule has 1 aromatic heterocycles. The van der Waals surface area contributed by atoms with Crippen LogP contribution in [-0.2, 0) is 4.79 Å². The summed E-state index contributed by atoms with van der Waals surface area (Å²) in [7, 11) is 0. The fourth-order valence-corrected chi connectivity index (χ4v) is 4.48. The van der Waals surface area contributed by atoms with Crippen molar-refractivity contribution in [2.75, 3.05) is 12.0 Å². The Balaban J connectivity index is 2.21. The monoisotopic (exact) mass is 300 g/mol. The summed E-state index contributed by atoms with van der Waals surface area (Å²) < 4.78 is 2.26. The Morgan fingerprint density at radius 3 is 2.95 bits per heavy atom. The SMILES string of the molecule is CSC1CCCCC1n1c(C)cnc1SCC(=O)O. The van der Waals surface area contributed by atoms with E-state index in [0.717, 1.165) is 10.9 Å². The lowest BCUT2D eigenvalue weighted by Crippen LogP contribution is -2.26. The van der Waals surface area contributed by atoms with Crippen LogP contribution < -0.4 is 0 Å². The molecule has 1 saturated carbocycles. The number of carboxylic acid groups (broad SMARTS) is 1. The van der Waals surface area contributed by atoms with E-state index in [4.69, 9.17) is 5.11 Å². The quantitative estimate of drug-likeness (QED) is 0.846. The highest BCUT2D eigenvalue weighted by atomic mass is 32.2. The maximum Gasteiger partial charge on any atom is 0.313 e. The van der Waals surface area contributed by atoms with Crippen molar-refractivity contribution in [3.8, 4) is 0 Å². The van der Waals surface area contributed by atoms with Gasteiger partial charge in [-0.15, -0.1) is 0 Å². The highest BCUT2D eigenvalue weighted by Crippen LogP contribution is 2.38. The zero-order chi connectivity index (χ0) is 13.8. The van der Waals surface area contributed by atoms with E-state index in [1.807, 2.05) is 18.0 Å². The highest BCUT2D eigenvalue weighted by molar-refractivity contribution is 7.99. The van der Waals surface area contributed by atoms with Crippen molar-refractivity contribution in [2.45, 2.75) is 49.1 Å². The van der Waals surface area contributed by atoms with Gasteiger partial charge in [-0.25, -0.2) is 4.98 Å². The van der Waals surface area contributed by atoms with Crippen molar-refractivity contribution >= 4 is 29.5 Å².